The largest absolute Gasteiger partial charge is 0.358 e. The molecule has 0 unspecified atom stereocenters. The molecule has 0 bridgehead atoms. The molecular weight excluding hydrogens is 383 g/mol. The zero-order valence-electron chi connectivity index (χ0n) is 16.1. The van der Waals surface area contributed by atoms with Gasteiger partial charge >= 0.3 is 0 Å². The summed E-state index contributed by atoms with van der Waals surface area (Å²) >= 11 is 0. The molecule has 0 aliphatic carbocycles. The van der Waals surface area contributed by atoms with Crippen LogP contribution in [-0.4, -0.2) is 27.3 Å². The minimum absolute atomic E-state index is 0.164. The molecule has 6 nitrogen and oxygen atoms in total. The van der Waals surface area contributed by atoms with Crippen LogP contribution >= 0.6 is 0 Å². The van der Waals surface area contributed by atoms with E-state index in [1.807, 2.05) is 48.5 Å². The van der Waals surface area contributed by atoms with Crippen molar-refractivity contribution in [3.63, 3.8) is 0 Å². The molecule has 0 saturated carbocycles. The standard InChI is InChI=1S/C23H19FN4O2/c24-18-6-8-19(9-7-18)27-21-11-10-20(14-17(21)15-25-27)26-13-12-22(28(29)30)23(26)16-4-2-1-3-5-16/h1-11,14-15,22-23H,12-13H2/t22-,23+/m1/s1. The van der Waals surface area contributed by atoms with Gasteiger partial charge in [-0.05, 0) is 48.0 Å². The second-order valence-corrected chi connectivity index (χ2v) is 7.47. The van der Waals surface area contributed by atoms with E-state index < -0.39 is 6.04 Å². The van der Waals surface area contributed by atoms with Gasteiger partial charge in [0.2, 0.25) is 6.04 Å². The highest BCUT2D eigenvalue weighted by Gasteiger charge is 2.43. The third-order valence-electron chi connectivity index (χ3n) is 5.73. The third kappa shape index (κ3) is 3.08. The van der Waals surface area contributed by atoms with Crippen LogP contribution in [0.15, 0.2) is 79.0 Å². The summed E-state index contributed by atoms with van der Waals surface area (Å²) < 4.78 is 15.0. The van der Waals surface area contributed by atoms with Gasteiger partial charge in [-0.25, -0.2) is 9.07 Å². The average molecular weight is 402 g/mol. The van der Waals surface area contributed by atoms with E-state index in [0.717, 1.165) is 27.8 Å². The molecule has 1 aliphatic heterocycles. The summed E-state index contributed by atoms with van der Waals surface area (Å²) in [5.74, 6) is -0.293. The van der Waals surface area contributed by atoms with Crippen LogP contribution in [0.2, 0.25) is 0 Å². The first kappa shape index (κ1) is 18.3. The molecular formula is C23H19FN4O2. The maximum absolute atomic E-state index is 13.2. The van der Waals surface area contributed by atoms with Crippen molar-refractivity contribution < 1.29 is 9.31 Å². The zero-order valence-corrected chi connectivity index (χ0v) is 16.1. The number of aromatic nitrogens is 2. The average Bonchev–Trinajstić information content (AvgIpc) is 3.39. The number of nitrogens with zero attached hydrogens (tertiary/aromatic N) is 4. The molecule has 1 saturated heterocycles. The van der Waals surface area contributed by atoms with Crippen molar-refractivity contribution in [3.8, 4) is 5.69 Å². The van der Waals surface area contributed by atoms with Gasteiger partial charge in [0.1, 0.15) is 11.9 Å². The smallest absolute Gasteiger partial charge is 0.238 e. The second-order valence-electron chi connectivity index (χ2n) is 7.47. The molecule has 0 spiro atoms. The van der Waals surface area contributed by atoms with E-state index >= 15 is 0 Å². The first-order valence-electron chi connectivity index (χ1n) is 9.80. The summed E-state index contributed by atoms with van der Waals surface area (Å²) in [5, 5.41) is 17.1. The van der Waals surface area contributed by atoms with Crippen molar-refractivity contribution in [2.75, 3.05) is 11.4 Å². The van der Waals surface area contributed by atoms with Gasteiger partial charge in [-0.2, -0.15) is 5.10 Å². The van der Waals surface area contributed by atoms with Gasteiger partial charge in [0.25, 0.3) is 0 Å². The predicted molar refractivity (Wildman–Crippen MR) is 113 cm³/mol. The lowest BCUT2D eigenvalue weighted by Crippen LogP contribution is -2.31. The molecule has 0 radical (unpaired) electrons. The number of benzene rings is 3. The third-order valence-corrected chi connectivity index (χ3v) is 5.73. The molecule has 150 valence electrons. The van der Waals surface area contributed by atoms with Gasteiger partial charge in [0, 0.05) is 29.0 Å². The maximum atomic E-state index is 13.2. The summed E-state index contributed by atoms with van der Waals surface area (Å²) in [7, 11) is 0. The number of hydrogen-bond acceptors (Lipinski definition) is 4. The highest BCUT2D eigenvalue weighted by atomic mass is 19.1. The molecule has 5 rings (SSSR count). The van der Waals surface area contributed by atoms with E-state index in [2.05, 4.69) is 10.00 Å². The first-order chi connectivity index (χ1) is 14.6. The number of hydrogen-bond donors (Lipinski definition) is 0. The van der Waals surface area contributed by atoms with Crippen LogP contribution in [-0.2, 0) is 0 Å². The summed E-state index contributed by atoms with van der Waals surface area (Å²) in [6.45, 7) is 0.614. The molecule has 2 heterocycles. The van der Waals surface area contributed by atoms with Crippen molar-refractivity contribution >= 4 is 16.6 Å². The lowest BCUT2D eigenvalue weighted by molar-refractivity contribution is -0.523. The van der Waals surface area contributed by atoms with Crippen LogP contribution in [0.3, 0.4) is 0 Å². The van der Waals surface area contributed by atoms with Crippen LogP contribution in [0, 0.1) is 15.9 Å². The van der Waals surface area contributed by atoms with Gasteiger partial charge in [-0.15, -0.1) is 0 Å². The molecule has 1 aliphatic rings. The minimum atomic E-state index is -0.648. The van der Waals surface area contributed by atoms with E-state index in [1.165, 1.54) is 12.1 Å². The summed E-state index contributed by atoms with van der Waals surface area (Å²) in [6.07, 6.45) is 2.26. The van der Waals surface area contributed by atoms with Crippen LogP contribution in [0.4, 0.5) is 10.1 Å². The van der Waals surface area contributed by atoms with Crippen molar-refractivity contribution in [1.82, 2.24) is 9.78 Å². The Bertz CT molecular complexity index is 1210. The Labute approximate surface area is 172 Å². The fourth-order valence-corrected chi connectivity index (χ4v) is 4.33. The fourth-order valence-electron chi connectivity index (χ4n) is 4.33. The van der Waals surface area contributed by atoms with Crippen molar-refractivity contribution in [2.24, 2.45) is 0 Å². The molecule has 1 fully saturated rings. The molecule has 4 aromatic rings. The topological polar surface area (TPSA) is 64.2 Å². The van der Waals surface area contributed by atoms with Crippen molar-refractivity contribution in [3.05, 3.63) is 100 Å². The SMILES string of the molecule is O=[N+]([O-])[C@@H]1CCN(c2ccc3c(cnn3-c3ccc(F)cc3)c2)[C@H]1c1ccccc1. The van der Waals surface area contributed by atoms with Crippen LogP contribution in [0.1, 0.15) is 18.0 Å². The molecule has 30 heavy (non-hydrogen) atoms. The zero-order chi connectivity index (χ0) is 20.7. The van der Waals surface area contributed by atoms with Crippen molar-refractivity contribution in [1.29, 1.82) is 0 Å². The highest BCUT2D eigenvalue weighted by Crippen LogP contribution is 2.38. The summed E-state index contributed by atoms with van der Waals surface area (Å²) in [6, 6.07) is 20.8. The van der Waals surface area contributed by atoms with Crippen LogP contribution in [0.25, 0.3) is 16.6 Å². The highest BCUT2D eigenvalue weighted by molar-refractivity contribution is 5.84. The number of nitro groups is 1. The fraction of sp³-hybridized carbons (Fsp3) is 0.174. The Balaban J connectivity index is 1.54. The summed E-state index contributed by atoms with van der Waals surface area (Å²) in [4.78, 5) is 13.6. The first-order valence-corrected chi connectivity index (χ1v) is 9.80. The molecule has 2 atom stereocenters. The van der Waals surface area contributed by atoms with Gasteiger partial charge < -0.3 is 4.90 Å². The van der Waals surface area contributed by atoms with Crippen molar-refractivity contribution in [2.45, 2.75) is 18.5 Å². The minimum Gasteiger partial charge on any atom is -0.358 e. The number of anilines is 1. The molecule has 3 aromatic carbocycles. The molecule has 0 N–H and O–H groups in total. The van der Waals surface area contributed by atoms with E-state index in [9.17, 15) is 14.5 Å². The van der Waals surface area contributed by atoms with Crippen LogP contribution < -0.4 is 4.90 Å². The quantitative estimate of drug-likeness (QED) is 0.365. The lowest BCUT2D eigenvalue weighted by atomic mass is 10.00. The Morgan fingerprint density at radius 2 is 1.73 bits per heavy atom. The van der Waals surface area contributed by atoms with E-state index in [-0.39, 0.29) is 16.8 Å². The monoisotopic (exact) mass is 402 g/mol. The lowest BCUT2D eigenvalue weighted by Gasteiger charge is -2.27. The number of rotatable bonds is 4. The molecule has 7 heteroatoms. The number of halogens is 1. The second kappa shape index (κ2) is 7.26. The maximum Gasteiger partial charge on any atom is 0.238 e. The Morgan fingerprint density at radius 3 is 2.47 bits per heavy atom. The normalized spacial score (nSPS) is 18.8. The molecule has 0 amide bonds. The predicted octanol–water partition coefficient (Wildman–Crippen LogP) is 4.76. The van der Waals surface area contributed by atoms with Gasteiger partial charge in [0.05, 0.1) is 17.4 Å². The van der Waals surface area contributed by atoms with E-state index in [1.54, 1.807) is 23.0 Å². The van der Waals surface area contributed by atoms with Gasteiger partial charge in [-0.1, -0.05) is 30.3 Å². The molecule has 1 aromatic heterocycles. The van der Waals surface area contributed by atoms with Gasteiger partial charge in [-0.3, -0.25) is 10.1 Å². The Morgan fingerprint density at radius 1 is 1.00 bits per heavy atom. The van der Waals surface area contributed by atoms with E-state index in [0.29, 0.717) is 13.0 Å². The van der Waals surface area contributed by atoms with Gasteiger partial charge in [0.15, 0.2) is 0 Å². The number of fused-ring (bicyclic) bond motifs is 1. The Kier molecular flexibility index (Phi) is 4.43. The van der Waals surface area contributed by atoms with E-state index in [4.69, 9.17) is 0 Å². The van der Waals surface area contributed by atoms with Crippen LogP contribution in [0.5, 0.6) is 0 Å². The Hall–Kier alpha value is -3.74. The summed E-state index contributed by atoms with van der Waals surface area (Å²) in [5.41, 5.74) is 3.54.